The highest BCUT2D eigenvalue weighted by molar-refractivity contribution is 6.31. The molecule has 0 saturated carbocycles. The van der Waals surface area contributed by atoms with Crippen LogP contribution in [-0.2, 0) is 13.1 Å². The van der Waals surface area contributed by atoms with Gasteiger partial charge in [-0.15, -0.1) is 0 Å². The number of halogens is 2. The number of aromatic carboxylic acids is 1. The van der Waals surface area contributed by atoms with E-state index < -0.39 is 5.97 Å². The van der Waals surface area contributed by atoms with Gasteiger partial charge >= 0.3 is 5.97 Å². The molecule has 3 rings (SSSR count). The molecule has 2 N–H and O–H groups in total. The third kappa shape index (κ3) is 4.67. The zero-order valence-corrected chi connectivity index (χ0v) is 15.6. The van der Waals surface area contributed by atoms with Crippen molar-refractivity contribution in [2.75, 3.05) is 0 Å². The van der Waals surface area contributed by atoms with E-state index in [1.165, 1.54) is 0 Å². The second-order valence-corrected chi connectivity index (χ2v) is 6.19. The van der Waals surface area contributed by atoms with Crippen molar-refractivity contribution in [3.8, 4) is 11.3 Å². The molecule has 0 spiro atoms. The van der Waals surface area contributed by atoms with Gasteiger partial charge in [0.25, 0.3) is 0 Å². The van der Waals surface area contributed by atoms with Crippen molar-refractivity contribution in [3.63, 3.8) is 0 Å². The molecule has 136 valence electrons. The second-order valence-electron chi connectivity index (χ2n) is 5.78. The molecule has 0 aliphatic heterocycles. The van der Waals surface area contributed by atoms with Crippen molar-refractivity contribution in [3.05, 3.63) is 82.1 Å². The summed E-state index contributed by atoms with van der Waals surface area (Å²) in [7, 11) is 0. The Labute approximate surface area is 163 Å². The van der Waals surface area contributed by atoms with Crippen LogP contribution in [0.25, 0.3) is 11.3 Å². The quantitative estimate of drug-likeness (QED) is 0.674. The molecule has 0 atom stereocenters. The van der Waals surface area contributed by atoms with Crippen molar-refractivity contribution in [2.24, 2.45) is 0 Å². The molecule has 3 aromatic rings. The van der Waals surface area contributed by atoms with Gasteiger partial charge in [0, 0.05) is 17.1 Å². The molecular formula is C20H18Cl2NO3-. The van der Waals surface area contributed by atoms with E-state index in [0.717, 1.165) is 33.2 Å². The maximum Gasteiger partial charge on any atom is 0.335 e. The molecule has 0 fully saturated rings. The Bertz CT molecular complexity index is 888. The molecule has 0 radical (unpaired) electrons. The Morgan fingerprint density at radius 1 is 1.08 bits per heavy atom. The maximum atomic E-state index is 10.8. The summed E-state index contributed by atoms with van der Waals surface area (Å²) >= 11 is 6.16. The summed E-state index contributed by atoms with van der Waals surface area (Å²) in [5.74, 6) is 0.707. The molecule has 1 heterocycles. The monoisotopic (exact) mass is 390 g/mol. The van der Waals surface area contributed by atoms with E-state index in [9.17, 15) is 4.79 Å². The molecule has 2 aromatic carbocycles. The van der Waals surface area contributed by atoms with E-state index in [1.807, 2.05) is 37.3 Å². The molecule has 26 heavy (non-hydrogen) atoms. The summed E-state index contributed by atoms with van der Waals surface area (Å²) in [5.41, 5.74) is 3.29. The molecule has 0 unspecified atom stereocenters. The standard InChI is InChI=1S/C20H18ClNO3.ClH/c1-13-17(3-2-4-18(13)21)19-10-9-16(25-19)12-22-11-14-5-7-15(8-6-14)20(23)24;/h2-10,22H,11-12H2,1H3,(H,23,24);1H/p-1. The number of rotatable bonds is 6. The summed E-state index contributed by atoms with van der Waals surface area (Å²) in [6.45, 7) is 3.19. The first-order valence-electron chi connectivity index (χ1n) is 7.92. The van der Waals surface area contributed by atoms with E-state index in [2.05, 4.69) is 5.32 Å². The maximum absolute atomic E-state index is 10.8. The number of hydrogen-bond donors (Lipinski definition) is 2. The number of carboxylic acid groups (broad SMARTS) is 1. The lowest BCUT2D eigenvalue weighted by atomic mass is 10.1. The van der Waals surface area contributed by atoms with Gasteiger partial charge < -0.3 is 27.2 Å². The number of furan rings is 1. The first-order chi connectivity index (χ1) is 12.0. The molecule has 0 bridgehead atoms. The van der Waals surface area contributed by atoms with Gasteiger partial charge in [0.1, 0.15) is 11.5 Å². The van der Waals surface area contributed by atoms with E-state index in [-0.39, 0.29) is 18.0 Å². The minimum atomic E-state index is -0.918. The lowest BCUT2D eigenvalue weighted by Crippen LogP contribution is -3.00. The van der Waals surface area contributed by atoms with Crippen LogP contribution in [0.3, 0.4) is 0 Å². The van der Waals surface area contributed by atoms with Gasteiger partial charge in [-0.3, -0.25) is 0 Å². The van der Waals surface area contributed by atoms with Crippen molar-refractivity contribution < 1.29 is 26.7 Å². The number of carbonyl (C=O) groups is 1. The zero-order chi connectivity index (χ0) is 17.8. The third-order valence-corrected chi connectivity index (χ3v) is 4.43. The lowest BCUT2D eigenvalue weighted by molar-refractivity contribution is -0.0000211. The van der Waals surface area contributed by atoms with Crippen LogP contribution in [0.1, 0.15) is 27.2 Å². The number of carboxylic acids is 1. The van der Waals surface area contributed by atoms with E-state index in [1.54, 1.807) is 24.3 Å². The van der Waals surface area contributed by atoms with Crippen molar-refractivity contribution in [2.45, 2.75) is 20.0 Å². The fraction of sp³-hybridized carbons (Fsp3) is 0.150. The highest BCUT2D eigenvalue weighted by atomic mass is 35.5. The van der Waals surface area contributed by atoms with Crippen LogP contribution in [0, 0.1) is 6.92 Å². The zero-order valence-electron chi connectivity index (χ0n) is 14.1. The SMILES string of the molecule is Cc1c(Cl)cccc1-c1ccc(CNCc2ccc(C(=O)O)cc2)o1.[Cl-]. The van der Waals surface area contributed by atoms with Gasteiger partial charge in [0.2, 0.25) is 0 Å². The van der Waals surface area contributed by atoms with Crippen LogP contribution in [0.4, 0.5) is 0 Å². The topological polar surface area (TPSA) is 62.5 Å². The van der Waals surface area contributed by atoms with Gasteiger partial charge in [0.05, 0.1) is 12.1 Å². The fourth-order valence-electron chi connectivity index (χ4n) is 2.59. The molecule has 6 heteroatoms. The minimum absolute atomic E-state index is 0. The largest absolute Gasteiger partial charge is 1.00 e. The predicted octanol–water partition coefficient (Wildman–Crippen LogP) is 1.90. The van der Waals surface area contributed by atoms with Crippen LogP contribution in [0.2, 0.25) is 5.02 Å². The Morgan fingerprint density at radius 3 is 2.50 bits per heavy atom. The van der Waals surface area contributed by atoms with E-state index >= 15 is 0 Å². The highest BCUT2D eigenvalue weighted by Crippen LogP contribution is 2.29. The first-order valence-corrected chi connectivity index (χ1v) is 8.29. The van der Waals surface area contributed by atoms with Gasteiger partial charge in [-0.2, -0.15) is 0 Å². The summed E-state index contributed by atoms with van der Waals surface area (Å²) in [5, 5.41) is 12.9. The average molecular weight is 391 g/mol. The smallest absolute Gasteiger partial charge is 0.335 e. The van der Waals surface area contributed by atoms with E-state index in [4.69, 9.17) is 21.1 Å². The predicted molar refractivity (Wildman–Crippen MR) is 97.8 cm³/mol. The molecule has 0 amide bonds. The summed E-state index contributed by atoms with van der Waals surface area (Å²) < 4.78 is 5.90. The lowest BCUT2D eigenvalue weighted by Gasteiger charge is -2.05. The van der Waals surface area contributed by atoms with Crippen molar-refractivity contribution in [1.29, 1.82) is 0 Å². The van der Waals surface area contributed by atoms with E-state index in [0.29, 0.717) is 13.1 Å². The van der Waals surface area contributed by atoms with Crippen molar-refractivity contribution >= 4 is 17.6 Å². The van der Waals surface area contributed by atoms with Gasteiger partial charge in [0.15, 0.2) is 0 Å². The first kappa shape index (κ1) is 20.0. The van der Waals surface area contributed by atoms with Crippen molar-refractivity contribution in [1.82, 2.24) is 5.32 Å². The summed E-state index contributed by atoms with van der Waals surface area (Å²) in [6, 6.07) is 16.5. The fourth-order valence-corrected chi connectivity index (χ4v) is 2.76. The van der Waals surface area contributed by atoms with Crippen LogP contribution >= 0.6 is 11.6 Å². The highest BCUT2D eigenvalue weighted by Gasteiger charge is 2.09. The number of nitrogens with one attached hydrogen (secondary N) is 1. The summed E-state index contributed by atoms with van der Waals surface area (Å²) in [6.07, 6.45) is 0. The average Bonchev–Trinajstić information content (AvgIpc) is 3.06. The Morgan fingerprint density at radius 2 is 1.81 bits per heavy atom. The molecule has 0 aliphatic rings. The van der Waals surface area contributed by atoms with Crippen LogP contribution < -0.4 is 17.7 Å². The van der Waals surface area contributed by atoms with Crippen LogP contribution in [0.5, 0.6) is 0 Å². The molecule has 4 nitrogen and oxygen atoms in total. The Balaban J connectivity index is 0.00000243. The Hall–Kier alpha value is -2.27. The normalized spacial score (nSPS) is 10.4. The second kappa shape index (κ2) is 8.90. The van der Waals surface area contributed by atoms with Gasteiger partial charge in [-0.05, 0) is 48.4 Å². The number of hydrogen-bond acceptors (Lipinski definition) is 3. The minimum Gasteiger partial charge on any atom is -1.00 e. The molecule has 1 aromatic heterocycles. The molecule has 0 saturated heterocycles. The third-order valence-electron chi connectivity index (χ3n) is 4.02. The van der Waals surface area contributed by atoms with Gasteiger partial charge in [-0.1, -0.05) is 35.9 Å². The molecule has 0 aliphatic carbocycles. The molecular weight excluding hydrogens is 373 g/mol. The number of benzene rings is 2. The van der Waals surface area contributed by atoms with Crippen LogP contribution in [0.15, 0.2) is 59.0 Å². The Kier molecular flexibility index (Phi) is 6.86. The van der Waals surface area contributed by atoms with Crippen LogP contribution in [-0.4, -0.2) is 11.1 Å². The van der Waals surface area contributed by atoms with Gasteiger partial charge in [-0.25, -0.2) is 4.79 Å². The summed E-state index contributed by atoms with van der Waals surface area (Å²) in [4.78, 5) is 10.8.